The molecule has 2 atom stereocenters. The topological polar surface area (TPSA) is 35.2 Å². The summed E-state index contributed by atoms with van der Waals surface area (Å²) in [6.45, 7) is 5.05. The van der Waals surface area contributed by atoms with E-state index in [1.807, 2.05) is 24.3 Å². The molecule has 0 heterocycles. The minimum absolute atomic E-state index is 0.206. The maximum atomic E-state index is 6.15. The van der Waals surface area contributed by atoms with Gasteiger partial charge in [0.25, 0.3) is 0 Å². The minimum atomic E-state index is 0.206. The molecule has 2 heteroatoms. The van der Waals surface area contributed by atoms with Gasteiger partial charge in [-0.15, -0.1) is 0 Å². The predicted octanol–water partition coefficient (Wildman–Crippen LogP) is 3.72. The Hall–Kier alpha value is -1.80. The average molecular weight is 267 g/mol. The molecule has 0 radical (unpaired) electrons. The number of hydrogen-bond acceptors (Lipinski definition) is 2. The number of hydrogen-bond donors (Lipinski definition) is 1. The van der Waals surface area contributed by atoms with Crippen LogP contribution in [0, 0.1) is 5.41 Å². The van der Waals surface area contributed by atoms with Gasteiger partial charge >= 0.3 is 0 Å². The fraction of sp³-hybridized carbons (Fsp3) is 0.333. The molecule has 2 aromatic carbocycles. The van der Waals surface area contributed by atoms with Crippen LogP contribution in [0.15, 0.2) is 54.6 Å². The molecule has 20 heavy (non-hydrogen) atoms. The van der Waals surface area contributed by atoms with Crippen LogP contribution in [0.25, 0.3) is 0 Å². The molecule has 0 aromatic heterocycles. The Labute approximate surface area is 120 Å². The molecule has 0 amide bonds. The summed E-state index contributed by atoms with van der Waals surface area (Å²) >= 11 is 0. The van der Waals surface area contributed by atoms with E-state index in [0.29, 0.717) is 12.5 Å². The molecule has 2 nitrogen and oxygen atoms in total. The summed E-state index contributed by atoms with van der Waals surface area (Å²) in [6, 6.07) is 18.8. The first kappa shape index (κ1) is 13.2. The highest BCUT2D eigenvalue weighted by Crippen LogP contribution is 2.57. The number of nitrogens with two attached hydrogens (primary N) is 1. The van der Waals surface area contributed by atoms with Crippen LogP contribution in [0.5, 0.6) is 5.75 Å². The lowest BCUT2D eigenvalue weighted by atomic mass is 10.0. The second-order valence-corrected chi connectivity index (χ2v) is 6.17. The third-order valence-electron chi connectivity index (χ3n) is 4.38. The van der Waals surface area contributed by atoms with Gasteiger partial charge in [-0.2, -0.15) is 0 Å². The van der Waals surface area contributed by atoms with Crippen molar-refractivity contribution in [1.29, 1.82) is 0 Å². The van der Waals surface area contributed by atoms with Crippen molar-refractivity contribution in [2.24, 2.45) is 11.1 Å². The van der Waals surface area contributed by atoms with E-state index in [4.69, 9.17) is 10.5 Å². The van der Waals surface area contributed by atoms with Crippen LogP contribution in [0.2, 0.25) is 0 Å². The molecule has 1 aliphatic carbocycles. The summed E-state index contributed by atoms with van der Waals surface area (Å²) in [6.07, 6.45) is 0. The van der Waals surface area contributed by atoms with Crippen LogP contribution in [-0.2, 0) is 6.61 Å². The Balaban J connectivity index is 1.70. The first-order chi connectivity index (χ1) is 9.59. The van der Waals surface area contributed by atoms with E-state index < -0.39 is 0 Å². The zero-order valence-corrected chi connectivity index (χ0v) is 12.0. The van der Waals surface area contributed by atoms with Crippen LogP contribution >= 0.6 is 0 Å². The van der Waals surface area contributed by atoms with Gasteiger partial charge in [0.05, 0.1) is 0 Å². The van der Waals surface area contributed by atoms with Crippen molar-refractivity contribution >= 4 is 0 Å². The van der Waals surface area contributed by atoms with Gasteiger partial charge in [-0.05, 0) is 28.7 Å². The van der Waals surface area contributed by atoms with Gasteiger partial charge in [0.15, 0.2) is 0 Å². The molecule has 0 bridgehead atoms. The molecule has 1 fully saturated rings. The molecule has 2 aromatic rings. The zero-order chi connectivity index (χ0) is 14.2. The molecule has 2 unspecified atom stereocenters. The predicted molar refractivity (Wildman–Crippen MR) is 81.7 cm³/mol. The molecule has 0 saturated heterocycles. The molecule has 3 rings (SSSR count). The monoisotopic (exact) mass is 267 g/mol. The van der Waals surface area contributed by atoms with Crippen molar-refractivity contribution in [3.05, 3.63) is 65.7 Å². The smallest absolute Gasteiger partial charge is 0.120 e. The van der Waals surface area contributed by atoms with Gasteiger partial charge in [0.2, 0.25) is 0 Å². The van der Waals surface area contributed by atoms with Crippen molar-refractivity contribution in [3.8, 4) is 5.75 Å². The van der Waals surface area contributed by atoms with Crippen molar-refractivity contribution < 1.29 is 4.74 Å². The van der Waals surface area contributed by atoms with Crippen LogP contribution < -0.4 is 10.5 Å². The van der Waals surface area contributed by atoms with Gasteiger partial charge in [0.1, 0.15) is 12.4 Å². The summed E-state index contributed by atoms with van der Waals surface area (Å²) in [4.78, 5) is 0. The molecule has 1 aliphatic rings. The lowest BCUT2D eigenvalue weighted by Gasteiger charge is -2.09. The van der Waals surface area contributed by atoms with Crippen molar-refractivity contribution in [2.45, 2.75) is 32.4 Å². The largest absolute Gasteiger partial charge is 0.489 e. The second kappa shape index (κ2) is 4.95. The van der Waals surface area contributed by atoms with Crippen molar-refractivity contribution in [2.75, 3.05) is 0 Å². The maximum absolute atomic E-state index is 6.15. The minimum Gasteiger partial charge on any atom is -0.489 e. The fourth-order valence-electron chi connectivity index (χ4n) is 2.85. The third-order valence-corrected chi connectivity index (χ3v) is 4.38. The van der Waals surface area contributed by atoms with Gasteiger partial charge < -0.3 is 10.5 Å². The molecular weight excluding hydrogens is 246 g/mol. The average Bonchev–Trinajstić information content (AvgIpc) is 2.97. The van der Waals surface area contributed by atoms with E-state index >= 15 is 0 Å². The first-order valence-corrected chi connectivity index (χ1v) is 7.11. The highest BCUT2D eigenvalue weighted by atomic mass is 16.5. The van der Waals surface area contributed by atoms with Gasteiger partial charge in [-0.3, -0.25) is 0 Å². The highest BCUT2D eigenvalue weighted by molar-refractivity contribution is 5.39. The van der Waals surface area contributed by atoms with E-state index in [-0.39, 0.29) is 11.5 Å². The summed E-state index contributed by atoms with van der Waals surface area (Å²) in [5.41, 5.74) is 8.82. The lowest BCUT2D eigenvalue weighted by Crippen LogP contribution is -2.06. The van der Waals surface area contributed by atoms with E-state index in [9.17, 15) is 0 Å². The Morgan fingerprint density at radius 1 is 1.05 bits per heavy atom. The summed E-state index contributed by atoms with van der Waals surface area (Å²) in [7, 11) is 0. The first-order valence-electron chi connectivity index (χ1n) is 7.11. The molecule has 0 aliphatic heterocycles. The van der Waals surface area contributed by atoms with Crippen LogP contribution in [-0.4, -0.2) is 6.04 Å². The summed E-state index contributed by atoms with van der Waals surface area (Å²) in [5.74, 6) is 1.36. The third kappa shape index (κ3) is 2.44. The molecule has 2 N–H and O–H groups in total. The molecule has 104 valence electrons. The Bertz CT molecular complexity index is 591. The van der Waals surface area contributed by atoms with E-state index in [1.165, 1.54) is 11.1 Å². The lowest BCUT2D eigenvalue weighted by molar-refractivity contribution is 0.306. The Morgan fingerprint density at radius 2 is 1.75 bits per heavy atom. The quantitative estimate of drug-likeness (QED) is 0.916. The SMILES string of the molecule is CC1(C)C(N)C1c1cccc(OCc2ccccc2)c1. The second-order valence-electron chi connectivity index (χ2n) is 6.17. The maximum Gasteiger partial charge on any atom is 0.120 e. The van der Waals surface area contributed by atoms with Gasteiger partial charge in [0, 0.05) is 12.0 Å². The van der Waals surface area contributed by atoms with Crippen molar-refractivity contribution in [3.63, 3.8) is 0 Å². The molecule has 0 spiro atoms. The Kier molecular flexibility index (Phi) is 3.27. The van der Waals surface area contributed by atoms with Crippen LogP contribution in [0.4, 0.5) is 0 Å². The van der Waals surface area contributed by atoms with Gasteiger partial charge in [-0.1, -0.05) is 56.3 Å². The van der Waals surface area contributed by atoms with E-state index in [0.717, 1.165) is 5.75 Å². The van der Waals surface area contributed by atoms with E-state index in [1.54, 1.807) is 0 Å². The zero-order valence-electron chi connectivity index (χ0n) is 12.0. The standard InChI is InChI=1S/C18H21NO/c1-18(2)16(17(18)19)14-9-6-10-15(11-14)20-12-13-7-4-3-5-8-13/h3-11,16-17H,12,19H2,1-2H3. The van der Waals surface area contributed by atoms with Crippen LogP contribution in [0.1, 0.15) is 30.9 Å². The highest BCUT2D eigenvalue weighted by Gasteiger charge is 2.56. The number of rotatable bonds is 4. The van der Waals surface area contributed by atoms with E-state index in [2.05, 4.69) is 44.2 Å². The van der Waals surface area contributed by atoms with Crippen LogP contribution in [0.3, 0.4) is 0 Å². The molecule has 1 saturated carbocycles. The Morgan fingerprint density at radius 3 is 2.40 bits per heavy atom. The summed E-state index contributed by atoms with van der Waals surface area (Å²) < 4.78 is 5.87. The molecular formula is C18H21NO. The normalized spacial score (nSPS) is 23.4. The fourth-order valence-corrected chi connectivity index (χ4v) is 2.85. The van der Waals surface area contributed by atoms with Crippen molar-refractivity contribution in [1.82, 2.24) is 0 Å². The number of ether oxygens (including phenoxy) is 1. The number of benzene rings is 2. The van der Waals surface area contributed by atoms with Gasteiger partial charge in [-0.25, -0.2) is 0 Å². The summed E-state index contributed by atoms with van der Waals surface area (Å²) in [5, 5.41) is 0.